The highest BCUT2D eigenvalue weighted by molar-refractivity contribution is 9.10. The molecule has 0 radical (unpaired) electrons. The van der Waals surface area contributed by atoms with Crippen molar-refractivity contribution in [1.29, 1.82) is 0 Å². The first-order chi connectivity index (χ1) is 10.2. The molecule has 0 saturated carbocycles. The average molecular weight is 351 g/mol. The van der Waals surface area contributed by atoms with Crippen molar-refractivity contribution in [3.05, 3.63) is 58.6 Å². The maximum absolute atomic E-state index is 11.1. The Morgan fingerprint density at radius 2 is 1.71 bits per heavy atom. The van der Waals surface area contributed by atoms with Gasteiger partial charge in [0.15, 0.2) is 0 Å². The third-order valence-electron chi connectivity index (χ3n) is 2.74. The zero-order valence-corrected chi connectivity index (χ0v) is 12.9. The SMILES string of the molecule is O=C(O)c1cccc(Br)c1OCCCOc1ccccc1. The normalized spacial score (nSPS) is 10.1. The van der Waals surface area contributed by atoms with E-state index < -0.39 is 5.97 Å². The summed E-state index contributed by atoms with van der Waals surface area (Å²) >= 11 is 3.30. The van der Waals surface area contributed by atoms with Crippen LogP contribution in [0.15, 0.2) is 53.0 Å². The molecule has 0 bridgehead atoms. The minimum Gasteiger partial charge on any atom is -0.493 e. The van der Waals surface area contributed by atoms with Crippen molar-refractivity contribution in [2.45, 2.75) is 6.42 Å². The third kappa shape index (κ3) is 4.49. The summed E-state index contributed by atoms with van der Waals surface area (Å²) in [5.74, 6) is 0.154. The first-order valence-corrected chi connectivity index (χ1v) is 7.30. The topological polar surface area (TPSA) is 55.8 Å². The fraction of sp³-hybridized carbons (Fsp3) is 0.188. The Labute approximate surface area is 131 Å². The van der Waals surface area contributed by atoms with Gasteiger partial charge in [0.1, 0.15) is 17.1 Å². The predicted octanol–water partition coefficient (Wildman–Crippen LogP) is 4.00. The van der Waals surface area contributed by atoms with Gasteiger partial charge in [0.05, 0.1) is 17.7 Å². The molecule has 0 aliphatic rings. The molecule has 0 saturated heterocycles. The molecule has 0 unspecified atom stereocenters. The van der Waals surface area contributed by atoms with Gasteiger partial charge in [-0.05, 0) is 40.2 Å². The van der Waals surface area contributed by atoms with Crippen molar-refractivity contribution in [2.75, 3.05) is 13.2 Å². The number of hydrogen-bond acceptors (Lipinski definition) is 3. The molecule has 5 heteroatoms. The van der Waals surface area contributed by atoms with Crippen molar-refractivity contribution in [3.63, 3.8) is 0 Å². The smallest absolute Gasteiger partial charge is 0.339 e. The van der Waals surface area contributed by atoms with Crippen LogP contribution in [0.3, 0.4) is 0 Å². The van der Waals surface area contributed by atoms with Gasteiger partial charge >= 0.3 is 5.97 Å². The van der Waals surface area contributed by atoms with Crippen molar-refractivity contribution >= 4 is 21.9 Å². The average Bonchev–Trinajstić information content (AvgIpc) is 2.49. The molecule has 0 spiro atoms. The molecule has 0 amide bonds. The van der Waals surface area contributed by atoms with Gasteiger partial charge in [0.25, 0.3) is 0 Å². The summed E-state index contributed by atoms with van der Waals surface area (Å²) in [6.45, 7) is 0.895. The van der Waals surface area contributed by atoms with Gasteiger partial charge < -0.3 is 14.6 Å². The lowest BCUT2D eigenvalue weighted by Crippen LogP contribution is -2.08. The summed E-state index contributed by atoms with van der Waals surface area (Å²) in [7, 11) is 0. The van der Waals surface area contributed by atoms with E-state index in [9.17, 15) is 4.79 Å². The second-order valence-corrected chi connectivity index (χ2v) is 5.14. The van der Waals surface area contributed by atoms with E-state index in [0.717, 1.165) is 5.75 Å². The molecule has 2 aromatic carbocycles. The van der Waals surface area contributed by atoms with Crippen molar-refractivity contribution in [3.8, 4) is 11.5 Å². The van der Waals surface area contributed by atoms with Crippen LogP contribution in [0.25, 0.3) is 0 Å². The van der Waals surface area contributed by atoms with Gasteiger partial charge in [-0.15, -0.1) is 0 Å². The Morgan fingerprint density at radius 1 is 1.00 bits per heavy atom. The minimum absolute atomic E-state index is 0.147. The molecule has 0 aliphatic carbocycles. The Bertz CT molecular complexity index is 598. The van der Waals surface area contributed by atoms with E-state index in [4.69, 9.17) is 14.6 Å². The summed E-state index contributed by atoms with van der Waals surface area (Å²) in [6, 6.07) is 14.5. The number of ether oxygens (including phenoxy) is 2. The number of carboxylic acid groups (broad SMARTS) is 1. The van der Waals surface area contributed by atoms with Crippen LogP contribution in [0.4, 0.5) is 0 Å². The van der Waals surface area contributed by atoms with Gasteiger partial charge in [-0.2, -0.15) is 0 Å². The van der Waals surface area contributed by atoms with Crippen LogP contribution in [0.2, 0.25) is 0 Å². The van der Waals surface area contributed by atoms with Gasteiger partial charge in [0.2, 0.25) is 0 Å². The number of hydrogen-bond donors (Lipinski definition) is 1. The number of carboxylic acids is 1. The van der Waals surface area contributed by atoms with Crippen LogP contribution in [0, 0.1) is 0 Å². The van der Waals surface area contributed by atoms with Crippen molar-refractivity contribution in [1.82, 2.24) is 0 Å². The number of carbonyl (C=O) groups is 1. The number of benzene rings is 2. The molecule has 4 nitrogen and oxygen atoms in total. The summed E-state index contributed by atoms with van der Waals surface area (Å²) in [5, 5.41) is 9.12. The summed E-state index contributed by atoms with van der Waals surface area (Å²) < 4.78 is 11.7. The lowest BCUT2D eigenvalue weighted by atomic mass is 10.2. The predicted molar refractivity (Wildman–Crippen MR) is 83.2 cm³/mol. The van der Waals surface area contributed by atoms with Crippen LogP contribution in [0.5, 0.6) is 11.5 Å². The summed E-state index contributed by atoms with van der Waals surface area (Å²) in [5.41, 5.74) is 0.147. The van der Waals surface area contributed by atoms with E-state index in [1.165, 1.54) is 6.07 Å². The zero-order chi connectivity index (χ0) is 15.1. The second kappa shape index (κ2) is 7.69. The Morgan fingerprint density at radius 3 is 2.43 bits per heavy atom. The van der Waals surface area contributed by atoms with Crippen LogP contribution in [-0.2, 0) is 0 Å². The van der Waals surface area contributed by atoms with Gasteiger partial charge in [0, 0.05) is 6.42 Å². The highest BCUT2D eigenvalue weighted by Crippen LogP contribution is 2.29. The van der Waals surface area contributed by atoms with Gasteiger partial charge in [-0.25, -0.2) is 4.79 Å². The molecule has 21 heavy (non-hydrogen) atoms. The Hall–Kier alpha value is -2.01. The summed E-state index contributed by atoms with van der Waals surface area (Å²) in [6.07, 6.45) is 0.662. The molecule has 0 atom stereocenters. The number of halogens is 1. The van der Waals surface area contributed by atoms with Crippen LogP contribution in [0.1, 0.15) is 16.8 Å². The molecule has 0 heterocycles. The maximum Gasteiger partial charge on any atom is 0.339 e. The molecule has 1 N–H and O–H groups in total. The lowest BCUT2D eigenvalue weighted by Gasteiger charge is -2.11. The van der Waals surface area contributed by atoms with Crippen molar-refractivity contribution in [2.24, 2.45) is 0 Å². The molecular formula is C16H15BrO4. The monoisotopic (exact) mass is 350 g/mol. The number of aromatic carboxylic acids is 1. The largest absolute Gasteiger partial charge is 0.493 e. The van der Waals surface area contributed by atoms with E-state index in [1.54, 1.807) is 12.1 Å². The fourth-order valence-corrected chi connectivity index (χ4v) is 2.24. The van der Waals surface area contributed by atoms with Crippen LogP contribution < -0.4 is 9.47 Å². The third-order valence-corrected chi connectivity index (χ3v) is 3.37. The van der Waals surface area contributed by atoms with E-state index in [2.05, 4.69) is 15.9 Å². The quantitative estimate of drug-likeness (QED) is 0.767. The minimum atomic E-state index is -1.01. The molecule has 0 aliphatic heterocycles. The zero-order valence-electron chi connectivity index (χ0n) is 11.3. The molecular weight excluding hydrogens is 336 g/mol. The highest BCUT2D eigenvalue weighted by Gasteiger charge is 2.13. The summed E-state index contributed by atoms with van der Waals surface area (Å²) in [4.78, 5) is 11.1. The van der Waals surface area contributed by atoms with Crippen LogP contribution >= 0.6 is 15.9 Å². The lowest BCUT2D eigenvalue weighted by molar-refractivity contribution is 0.0692. The second-order valence-electron chi connectivity index (χ2n) is 4.29. The maximum atomic E-state index is 11.1. The molecule has 0 fully saturated rings. The number of rotatable bonds is 7. The van der Waals surface area contributed by atoms with Crippen LogP contribution in [-0.4, -0.2) is 24.3 Å². The first kappa shape index (κ1) is 15.4. The Balaban J connectivity index is 1.83. The number of para-hydroxylation sites is 2. The molecule has 110 valence electrons. The standard InChI is InChI=1S/C16H15BrO4/c17-14-9-4-8-13(16(18)19)15(14)21-11-5-10-20-12-6-2-1-3-7-12/h1-4,6-9H,5,10-11H2,(H,18,19). The van der Waals surface area contributed by atoms with E-state index in [-0.39, 0.29) is 5.56 Å². The van der Waals surface area contributed by atoms with Crippen molar-refractivity contribution < 1.29 is 19.4 Å². The first-order valence-electron chi connectivity index (χ1n) is 6.51. The molecule has 0 aromatic heterocycles. The van der Waals surface area contributed by atoms with E-state index in [1.807, 2.05) is 30.3 Å². The Kier molecular flexibility index (Phi) is 5.63. The molecule has 2 rings (SSSR count). The van der Waals surface area contributed by atoms with Gasteiger partial charge in [-0.1, -0.05) is 24.3 Å². The molecule has 2 aromatic rings. The van der Waals surface area contributed by atoms with Gasteiger partial charge in [-0.3, -0.25) is 0 Å². The fourth-order valence-electron chi connectivity index (χ4n) is 1.76. The van der Waals surface area contributed by atoms with E-state index >= 15 is 0 Å². The van der Waals surface area contributed by atoms with E-state index in [0.29, 0.717) is 29.9 Å². The highest BCUT2D eigenvalue weighted by atomic mass is 79.9.